The van der Waals surface area contributed by atoms with Gasteiger partial charge in [-0.05, 0) is 30.2 Å². The van der Waals surface area contributed by atoms with Crippen LogP contribution in [-0.2, 0) is 4.79 Å². The van der Waals surface area contributed by atoms with Gasteiger partial charge in [-0.2, -0.15) is 0 Å². The average Bonchev–Trinajstić information content (AvgIpc) is 2.84. The number of hydrogen-bond acceptors (Lipinski definition) is 3. The fourth-order valence-corrected chi connectivity index (χ4v) is 2.33. The Labute approximate surface area is 122 Å². The van der Waals surface area contributed by atoms with Crippen molar-refractivity contribution in [3.05, 3.63) is 42.5 Å². The Hall–Kier alpha value is -2.33. The second-order valence-corrected chi connectivity index (χ2v) is 5.57. The van der Waals surface area contributed by atoms with Crippen molar-refractivity contribution in [1.82, 2.24) is 0 Å². The lowest BCUT2D eigenvalue weighted by atomic mass is 10.0. The molecule has 0 bridgehead atoms. The fraction of sp³-hybridized carbons (Fsp3) is 0.235. The van der Waals surface area contributed by atoms with Crippen LogP contribution in [-0.4, -0.2) is 11.9 Å². The molecular formula is C17H18N2O2. The number of fused-ring (bicyclic) bond motifs is 3. The third-order valence-electron chi connectivity index (χ3n) is 3.67. The predicted octanol–water partition coefficient (Wildman–Crippen LogP) is 3.51. The summed E-state index contributed by atoms with van der Waals surface area (Å²) in [5.74, 6) is -0.0689. The highest BCUT2D eigenvalue weighted by Gasteiger charge is 2.17. The number of rotatable bonds is 3. The first-order chi connectivity index (χ1) is 10.1. The Balaban J connectivity index is 1.97. The maximum atomic E-state index is 12.0. The van der Waals surface area contributed by atoms with Crippen LogP contribution < -0.4 is 11.1 Å². The van der Waals surface area contributed by atoms with Gasteiger partial charge in [0.25, 0.3) is 0 Å². The van der Waals surface area contributed by atoms with Crippen molar-refractivity contribution < 1.29 is 9.21 Å². The van der Waals surface area contributed by atoms with E-state index in [-0.39, 0.29) is 11.8 Å². The summed E-state index contributed by atoms with van der Waals surface area (Å²) < 4.78 is 5.76. The zero-order chi connectivity index (χ0) is 15.0. The molecule has 4 nitrogen and oxygen atoms in total. The molecule has 2 aromatic carbocycles. The van der Waals surface area contributed by atoms with Gasteiger partial charge < -0.3 is 15.5 Å². The van der Waals surface area contributed by atoms with Crippen LogP contribution in [0.25, 0.3) is 21.9 Å². The summed E-state index contributed by atoms with van der Waals surface area (Å²) in [4.78, 5) is 12.0. The maximum absolute atomic E-state index is 12.0. The third-order valence-corrected chi connectivity index (χ3v) is 3.67. The quantitative estimate of drug-likeness (QED) is 0.772. The Morgan fingerprint density at radius 2 is 1.81 bits per heavy atom. The second-order valence-electron chi connectivity index (χ2n) is 5.57. The van der Waals surface area contributed by atoms with Gasteiger partial charge in [-0.1, -0.05) is 32.0 Å². The first kappa shape index (κ1) is 13.6. The van der Waals surface area contributed by atoms with Gasteiger partial charge in [-0.25, -0.2) is 0 Å². The number of nitrogens with two attached hydrogens (primary N) is 1. The summed E-state index contributed by atoms with van der Waals surface area (Å²) in [7, 11) is 0. The first-order valence-electron chi connectivity index (χ1n) is 7.04. The summed E-state index contributed by atoms with van der Waals surface area (Å²) >= 11 is 0. The number of carbonyl (C=O) groups is 1. The van der Waals surface area contributed by atoms with Gasteiger partial charge in [0.15, 0.2) is 0 Å². The van der Waals surface area contributed by atoms with Crippen molar-refractivity contribution in [2.24, 2.45) is 11.7 Å². The predicted molar refractivity (Wildman–Crippen MR) is 85.2 cm³/mol. The molecule has 0 radical (unpaired) electrons. The Morgan fingerprint density at radius 3 is 2.57 bits per heavy atom. The van der Waals surface area contributed by atoms with Gasteiger partial charge in [0, 0.05) is 16.5 Å². The Kier molecular flexibility index (Phi) is 3.39. The van der Waals surface area contributed by atoms with Crippen molar-refractivity contribution in [3.8, 4) is 0 Å². The van der Waals surface area contributed by atoms with Crippen LogP contribution in [0.2, 0.25) is 0 Å². The topological polar surface area (TPSA) is 68.3 Å². The summed E-state index contributed by atoms with van der Waals surface area (Å²) in [6.07, 6.45) is 0. The van der Waals surface area contributed by atoms with E-state index < -0.39 is 6.04 Å². The third kappa shape index (κ3) is 2.50. The second kappa shape index (κ2) is 5.22. The molecule has 0 spiro atoms. The van der Waals surface area contributed by atoms with Crippen LogP contribution in [0, 0.1) is 5.92 Å². The van der Waals surface area contributed by atoms with Crippen molar-refractivity contribution in [1.29, 1.82) is 0 Å². The Morgan fingerprint density at radius 1 is 1.10 bits per heavy atom. The molecule has 3 N–H and O–H groups in total. The highest BCUT2D eigenvalue weighted by Crippen LogP contribution is 2.30. The average molecular weight is 282 g/mol. The number of amides is 1. The summed E-state index contributed by atoms with van der Waals surface area (Å²) in [5.41, 5.74) is 8.24. The van der Waals surface area contributed by atoms with Crippen LogP contribution in [0.3, 0.4) is 0 Å². The van der Waals surface area contributed by atoms with Crippen LogP contribution in [0.4, 0.5) is 5.69 Å². The molecule has 1 amide bonds. The standard InChI is InChI=1S/C17H18N2O2/c1-10(2)16(18)17(20)19-11-7-8-15-13(9-11)12-5-3-4-6-14(12)21-15/h3-10,16H,18H2,1-2H3,(H,19,20)/t16-/m0/s1. The van der Waals surface area contributed by atoms with Crippen LogP contribution in [0.15, 0.2) is 46.9 Å². The lowest BCUT2D eigenvalue weighted by Crippen LogP contribution is -2.39. The lowest BCUT2D eigenvalue weighted by Gasteiger charge is -2.15. The number of para-hydroxylation sites is 1. The van der Waals surface area contributed by atoms with E-state index in [0.29, 0.717) is 0 Å². The van der Waals surface area contributed by atoms with Crippen molar-refractivity contribution in [2.45, 2.75) is 19.9 Å². The molecule has 0 aliphatic rings. The molecule has 3 aromatic rings. The number of furan rings is 1. The molecule has 108 valence electrons. The summed E-state index contributed by atoms with van der Waals surface area (Å²) in [6, 6.07) is 13.0. The fourth-order valence-electron chi connectivity index (χ4n) is 2.33. The summed E-state index contributed by atoms with van der Waals surface area (Å²) in [5, 5.41) is 4.89. The zero-order valence-corrected chi connectivity index (χ0v) is 12.1. The van der Waals surface area contributed by atoms with Crippen molar-refractivity contribution >= 4 is 33.5 Å². The molecule has 21 heavy (non-hydrogen) atoms. The SMILES string of the molecule is CC(C)[C@H](N)C(=O)Nc1ccc2oc3ccccc3c2c1. The number of hydrogen-bond donors (Lipinski definition) is 2. The molecule has 0 saturated heterocycles. The Bertz CT molecular complexity index is 805. The molecule has 4 heteroatoms. The van der Waals surface area contributed by atoms with E-state index >= 15 is 0 Å². The molecule has 0 unspecified atom stereocenters. The van der Waals surface area contributed by atoms with Crippen molar-refractivity contribution in [2.75, 3.05) is 5.32 Å². The van der Waals surface area contributed by atoms with E-state index in [1.54, 1.807) is 0 Å². The number of anilines is 1. The first-order valence-corrected chi connectivity index (χ1v) is 7.04. The van der Waals surface area contributed by atoms with Gasteiger partial charge in [0.05, 0.1) is 6.04 Å². The highest BCUT2D eigenvalue weighted by molar-refractivity contribution is 6.07. The van der Waals surface area contributed by atoms with Crippen LogP contribution in [0.1, 0.15) is 13.8 Å². The smallest absolute Gasteiger partial charge is 0.241 e. The molecule has 1 aromatic heterocycles. The number of carbonyl (C=O) groups excluding carboxylic acids is 1. The van der Waals surface area contributed by atoms with Gasteiger partial charge in [0.2, 0.25) is 5.91 Å². The molecule has 3 rings (SSSR count). The van der Waals surface area contributed by atoms with E-state index in [2.05, 4.69) is 5.32 Å². The van der Waals surface area contributed by atoms with E-state index in [1.807, 2.05) is 56.3 Å². The number of nitrogens with one attached hydrogen (secondary N) is 1. The zero-order valence-electron chi connectivity index (χ0n) is 12.1. The minimum absolute atomic E-state index is 0.100. The molecular weight excluding hydrogens is 264 g/mol. The maximum Gasteiger partial charge on any atom is 0.241 e. The minimum Gasteiger partial charge on any atom is -0.456 e. The molecule has 1 atom stereocenters. The van der Waals surface area contributed by atoms with Crippen LogP contribution >= 0.6 is 0 Å². The van der Waals surface area contributed by atoms with E-state index in [1.165, 1.54) is 0 Å². The van der Waals surface area contributed by atoms with Gasteiger partial charge in [-0.3, -0.25) is 4.79 Å². The lowest BCUT2D eigenvalue weighted by molar-refractivity contribution is -0.118. The van der Waals surface area contributed by atoms with Gasteiger partial charge in [-0.15, -0.1) is 0 Å². The summed E-state index contributed by atoms with van der Waals surface area (Å²) in [6.45, 7) is 3.86. The number of benzene rings is 2. The van der Waals surface area contributed by atoms with E-state index in [4.69, 9.17) is 10.2 Å². The highest BCUT2D eigenvalue weighted by atomic mass is 16.3. The molecule has 1 heterocycles. The van der Waals surface area contributed by atoms with Crippen LogP contribution in [0.5, 0.6) is 0 Å². The van der Waals surface area contributed by atoms with Crippen molar-refractivity contribution in [3.63, 3.8) is 0 Å². The van der Waals surface area contributed by atoms with E-state index in [9.17, 15) is 4.79 Å². The molecule has 0 aliphatic carbocycles. The molecule has 0 fully saturated rings. The van der Waals surface area contributed by atoms with Gasteiger partial charge >= 0.3 is 0 Å². The largest absolute Gasteiger partial charge is 0.456 e. The molecule has 0 saturated carbocycles. The minimum atomic E-state index is -0.512. The molecule has 0 aliphatic heterocycles. The van der Waals surface area contributed by atoms with E-state index in [0.717, 1.165) is 27.6 Å². The monoisotopic (exact) mass is 282 g/mol. The van der Waals surface area contributed by atoms with Gasteiger partial charge in [0.1, 0.15) is 11.2 Å². The normalized spacial score (nSPS) is 13.0.